The van der Waals surface area contributed by atoms with E-state index in [0.717, 1.165) is 22.6 Å². The Hall–Kier alpha value is -2.53. The van der Waals surface area contributed by atoms with Gasteiger partial charge in [0.2, 0.25) is 10.0 Å². The molecule has 2 aromatic rings. The van der Waals surface area contributed by atoms with Crippen molar-refractivity contribution in [1.29, 1.82) is 0 Å². The lowest BCUT2D eigenvalue weighted by molar-refractivity contribution is -0.376. The van der Waals surface area contributed by atoms with Crippen molar-refractivity contribution in [2.24, 2.45) is 0 Å². The van der Waals surface area contributed by atoms with Crippen LogP contribution in [0.1, 0.15) is 12.5 Å². The summed E-state index contributed by atoms with van der Waals surface area (Å²) in [6.45, 7) is 1.39. The minimum absolute atomic E-state index is 0.0381. The van der Waals surface area contributed by atoms with Crippen LogP contribution in [0, 0.1) is 11.8 Å². The van der Waals surface area contributed by atoms with Crippen molar-refractivity contribution in [3.63, 3.8) is 0 Å². The summed E-state index contributed by atoms with van der Waals surface area (Å²) in [6.07, 6.45) is -10.9. The fraction of sp³-hybridized carbons (Fsp3) is 0.381. The molecule has 190 valence electrons. The zero-order valence-corrected chi connectivity index (χ0v) is 19.5. The average molecular weight is 542 g/mol. The van der Waals surface area contributed by atoms with Crippen molar-refractivity contribution in [2.75, 3.05) is 24.5 Å². The number of alkyl halides is 6. The first-order chi connectivity index (χ1) is 16.1. The van der Waals surface area contributed by atoms with Gasteiger partial charge in [0.05, 0.1) is 0 Å². The second kappa shape index (κ2) is 9.50. The maximum absolute atomic E-state index is 13.1. The Kier molecular flexibility index (Phi) is 7.34. The number of aromatic nitrogens is 1. The molecule has 0 spiro atoms. The highest BCUT2D eigenvalue weighted by Crippen LogP contribution is 2.50. The molecule has 1 atom stereocenters. The van der Waals surface area contributed by atoms with Gasteiger partial charge < -0.3 is 10.0 Å². The fourth-order valence-electron chi connectivity index (χ4n) is 3.62. The summed E-state index contributed by atoms with van der Waals surface area (Å²) in [6, 6.07) is 4.92. The Morgan fingerprint density at radius 1 is 1.03 bits per heavy atom. The molecule has 1 aromatic carbocycles. The first kappa shape index (κ1) is 27.1. The molecular formula is C21H18ClF6N3O3S. The number of halogens is 7. The second-order valence-corrected chi connectivity index (χ2v) is 9.86. The molecule has 0 aliphatic carbocycles. The lowest BCUT2D eigenvalue weighted by atomic mass is 9.92. The van der Waals surface area contributed by atoms with Crippen LogP contribution in [-0.2, 0) is 15.6 Å². The van der Waals surface area contributed by atoms with E-state index in [4.69, 9.17) is 11.6 Å². The Morgan fingerprint density at radius 2 is 1.63 bits per heavy atom. The summed E-state index contributed by atoms with van der Waals surface area (Å²) in [5, 5.41) is 9.68. The van der Waals surface area contributed by atoms with Crippen molar-refractivity contribution < 1.29 is 39.9 Å². The molecule has 3 rings (SSSR count). The predicted octanol–water partition coefficient (Wildman–Crippen LogP) is 3.95. The van der Waals surface area contributed by atoms with E-state index >= 15 is 0 Å². The first-order valence-corrected chi connectivity index (χ1v) is 11.7. The molecule has 0 saturated carbocycles. The number of piperazine rings is 1. The Balaban J connectivity index is 1.89. The maximum atomic E-state index is 13.1. The zero-order valence-electron chi connectivity index (χ0n) is 17.9. The van der Waals surface area contributed by atoms with Gasteiger partial charge in [-0.25, -0.2) is 13.4 Å². The standard InChI is InChI=1S/C21H18ClF6N3O3S/c1-2-3-16-13-30(35(33,34)17-8-9-18(22)29-12-17)10-11-31(16)15-6-4-14(5-7-15)19(32,20(23,24)25)21(26,27)28/h4-9,12,16,32H,10-11,13H2,1H3. The van der Waals surface area contributed by atoms with Crippen molar-refractivity contribution in [3.05, 3.63) is 53.3 Å². The highest BCUT2D eigenvalue weighted by molar-refractivity contribution is 7.89. The SMILES string of the molecule is CC#CC1CN(S(=O)(=O)c2ccc(Cl)nc2)CCN1c1ccc(C(O)(C(F)(F)F)C(F)(F)F)cc1. The summed E-state index contributed by atoms with van der Waals surface area (Å²) in [5.74, 6) is 5.46. The van der Waals surface area contributed by atoms with Crippen LogP contribution in [0.2, 0.25) is 5.15 Å². The van der Waals surface area contributed by atoms with E-state index in [-0.39, 0.29) is 35.4 Å². The normalized spacial score (nSPS) is 18.2. The lowest BCUT2D eigenvalue weighted by Gasteiger charge is -2.40. The number of anilines is 1. The van der Waals surface area contributed by atoms with Gasteiger partial charge in [-0.1, -0.05) is 29.7 Å². The van der Waals surface area contributed by atoms with Gasteiger partial charge in [0.1, 0.15) is 16.1 Å². The minimum Gasteiger partial charge on any atom is -0.369 e. The zero-order chi connectivity index (χ0) is 26.2. The molecule has 1 aliphatic heterocycles. The summed E-state index contributed by atoms with van der Waals surface area (Å²) in [4.78, 5) is 5.23. The summed E-state index contributed by atoms with van der Waals surface area (Å²) < 4.78 is 106. The van der Waals surface area contributed by atoms with Crippen LogP contribution in [0.3, 0.4) is 0 Å². The number of pyridine rings is 1. The molecule has 14 heteroatoms. The molecule has 1 aliphatic rings. The average Bonchev–Trinajstić information content (AvgIpc) is 2.77. The molecule has 35 heavy (non-hydrogen) atoms. The largest absolute Gasteiger partial charge is 0.430 e. The molecule has 6 nitrogen and oxygen atoms in total. The summed E-state index contributed by atoms with van der Waals surface area (Å²) >= 11 is 5.70. The van der Waals surface area contributed by atoms with Crippen molar-refractivity contribution in [3.8, 4) is 11.8 Å². The van der Waals surface area contributed by atoms with E-state index in [2.05, 4.69) is 16.8 Å². The van der Waals surface area contributed by atoms with Crippen LogP contribution >= 0.6 is 11.6 Å². The number of benzene rings is 1. The fourth-order valence-corrected chi connectivity index (χ4v) is 5.12. The molecule has 1 N–H and O–H groups in total. The molecule has 1 saturated heterocycles. The van der Waals surface area contributed by atoms with E-state index in [0.29, 0.717) is 12.1 Å². The van der Waals surface area contributed by atoms with Gasteiger partial charge in [0.25, 0.3) is 5.60 Å². The number of sulfonamides is 1. The molecule has 1 aromatic heterocycles. The predicted molar refractivity (Wildman–Crippen MR) is 115 cm³/mol. The highest BCUT2D eigenvalue weighted by Gasteiger charge is 2.71. The van der Waals surface area contributed by atoms with Gasteiger partial charge in [-0.15, -0.1) is 5.92 Å². The first-order valence-electron chi connectivity index (χ1n) is 9.90. The Morgan fingerprint density at radius 3 is 2.11 bits per heavy atom. The molecular weight excluding hydrogens is 524 g/mol. The van der Waals surface area contributed by atoms with Crippen LogP contribution < -0.4 is 4.90 Å². The Bertz CT molecular complexity index is 1210. The number of aliphatic hydroxyl groups is 1. The van der Waals surface area contributed by atoms with Crippen LogP contribution in [0.4, 0.5) is 32.0 Å². The van der Waals surface area contributed by atoms with Gasteiger partial charge in [-0.05, 0) is 31.2 Å². The van der Waals surface area contributed by atoms with Gasteiger partial charge in [-0.2, -0.15) is 30.6 Å². The number of nitrogens with zero attached hydrogens (tertiary/aromatic N) is 3. The Labute approximate surface area is 202 Å². The smallest absolute Gasteiger partial charge is 0.369 e. The minimum atomic E-state index is -6.00. The number of rotatable bonds is 4. The van der Waals surface area contributed by atoms with E-state index < -0.39 is 39.6 Å². The highest BCUT2D eigenvalue weighted by atomic mass is 35.5. The molecule has 1 fully saturated rings. The van der Waals surface area contributed by atoms with Crippen LogP contribution in [0.15, 0.2) is 47.5 Å². The van der Waals surface area contributed by atoms with Crippen LogP contribution in [-0.4, -0.2) is 60.8 Å². The monoisotopic (exact) mass is 541 g/mol. The van der Waals surface area contributed by atoms with Gasteiger partial charge in [0.15, 0.2) is 0 Å². The number of hydrogen-bond donors (Lipinski definition) is 1. The van der Waals surface area contributed by atoms with Gasteiger partial charge in [-0.3, -0.25) is 0 Å². The molecule has 0 bridgehead atoms. The van der Waals surface area contributed by atoms with Crippen molar-refractivity contribution in [1.82, 2.24) is 9.29 Å². The summed E-state index contributed by atoms with van der Waals surface area (Å²) in [7, 11) is -3.96. The second-order valence-electron chi connectivity index (χ2n) is 7.54. The third-order valence-electron chi connectivity index (χ3n) is 5.43. The van der Waals surface area contributed by atoms with Crippen LogP contribution in [0.5, 0.6) is 0 Å². The quantitative estimate of drug-likeness (QED) is 0.360. The number of hydrogen-bond acceptors (Lipinski definition) is 5. The van der Waals surface area contributed by atoms with Crippen molar-refractivity contribution >= 4 is 27.3 Å². The third kappa shape index (κ3) is 5.06. The molecule has 1 unspecified atom stereocenters. The van der Waals surface area contributed by atoms with Crippen LogP contribution in [0.25, 0.3) is 0 Å². The molecule has 2 heterocycles. The summed E-state index contributed by atoms with van der Waals surface area (Å²) in [5.41, 5.74) is -6.23. The van der Waals surface area contributed by atoms with E-state index in [1.807, 2.05) is 0 Å². The van der Waals surface area contributed by atoms with E-state index in [1.165, 1.54) is 19.1 Å². The third-order valence-corrected chi connectivity index (χ3v) is 7.50. The molecule has 0 amide bonds. The molecule has 0 radical (unpaired) electrons. The van der Waals surface area contributed by atoms with E-state index in [9.17, 15) is 39.9 Å². The van der Waals surface area contributed by atoms with Gasteiger partial charge in [0, 0.05) is 37.1 Å². The lowest BCUT2D eigenvalue weighted by Crippen LogP contribution is -2.54. The van der Waals surface area contributed by atoms with Gasteiger partial charge >= 0.3 is 12.4 Å². The van der Waals surface area contributed by atoms with Crippen molar-refractivity contribution in [2.45, 2.75) is 35.8 Å². The topological polar surface area (TPSA) is 73.7 Å². The van der Waals surface area contributed by atoms with E-state index in [1.54, 1.807) is 4.90 Å². The maximum Gasteiger partial charge on any atom is 0.430 e.